The van der Waals surface area contributed by atoms with Crippen molar-refractivity contribution >= 4 is 19.1 Å². The van der Waals surface area contributed by atoms with E-state index < -0.39 is 7.92 Å². The Morgan fingerprint density at radius 1 is 0.811 bits per heavy atom. The van der Waals surface area contributed by atoms with Gasteiger partial charge in [0, 0.05) is 11.0 Å². The van der Waals surface area contributed by atoms with Crippen molar-refractivity contribution in [1.29, 1.82) is 0 Å². The third-order valence-electron chi connectivity index (χ3n) is 8.30. The monoisotopic (exact) mass is 521 g/mol. The molecule has 2 nitrogen and oxygen atoms in total. The number of benzene rings is 2. The average Bonchev–Trinajstić information content (AvgIpc) is 3.13. The zero-order valence-corrected chi connectivity index (χ0v) is 26.8. The number of phenols is 1. The number of para-hydroxylation sites is 2. The molecular weight excluding hydrogens is 469 g/mol. The maximum Gasteiger partial charge on any atom is 0.123 e. The van der Waals surface area contributed by atoms with Gasteiger partial charge in [-0.25, -0.2) is 0 Å². The Morgan fingerprint density at radius 2 is 1.32 bits per heavy atom. The van der Waals surface area contributed by atoms with Crippen LogP contribution >= 0.6 is 7.92 Å². The fraction of sp³-hybridized carbons (Fsp3) is 0.618. The van der Waals surface area contributed by atoms with Gasteiger partial charge in [0.1, 0.15) is 5.75 Å². The number of hydrogen-bond acceptors (Lipinski definition) is 2. The van der Waals surface area contributed by atoms with Gasteiger partial charge in [0.05, 0.1) is 11.1 Å². The van der Waals surface area contributed by atoms with Crippen LogP contribution in [0.2, 0.25) is 0 Å². The van der Waals surface area contributed by atoms with E-state index in [1.54, 1.807) is 0 Å². The van der Waals surface area contributed by atoms with Crippen LogP contribution in [-0.4, -0.2) is 21.9 Å². The Morgan fingerprint density at radius 3 is 1.76 bits per heavy atom. The standard InChI is InChI=1S/C34H52NOP/c1-22(2)24-16-14-17-25(23(3)4)28(24)35-30-34(32(8,9)10,20-21-37(30)33(11,12)13)27-19-15-18-26(29(27)36)31(5,6)7/h14-19,22-23,36H,20-21H2,1-13H3. The van der Waals surface area contributed by atoms with Crippen molar-refractivity contribution in [1.82, 2.24) is 0 Å². The molecule has 204 valence electrons. The second-order valence-electron chi connectivity index (χ2n) is 14.7. The molecule has 2 unspecified atom stereocenters. The first-order valence-electron chi connectivity index (χ1n) is 14.2. The number of aliphatic imine (C=N–C) groups is 1. The number of aromatic hydroxyl groups is 1. The summed E-state index contributed by atoms with van der Waals surface area (Å²) >= 11 is 0. The summed E-state index contributed by atoms with van der Waals surface area (Å²) in [6.45, 7) is 29.9. The molecule has 2 aromatic rings. The van der Waals surface area contributed by atoms with Crippen molar-refractivity contribution in [3.05, 3.63) is 58.7 Å². The van der Waals surface area contributed by atoms with E-state index in [2.05, 4.69) is 126 Å². The molecule has 0 aromatic heterocycles. The first-order chi connectivity index (χ1) is 16.8. The Bertz CT molecular complexity index is 1130. The quantitative estimate of drug-likeness (QED) is 0.399. The molecule has 1 fully saturated rings. The van der Waals surface area contributed by atoms with E-state index in [0.29, 0.717) is 17.6 Å². The van der Waals surface area contributed by atoms with E-state index >= 15 is 0 Å². The highest BCUT2D eigenvalue weighted by Gasteiger charge is 2.57. The van der Waals surface area contributed by atoms with Gasteiger partial charge < -0.3 is 5.11 Å². The van der Waals surface area contributed by atoms with Gasteiger partial charge in [-0.1, -0.05) is 134 Å². The van der Waals surface area contributed by atoms with Gasteiger partial charge in [-0.3, -0.25) is 4.99 Å². The summed E-state index contributed by atoms with van der Waals surface area (Å²) < 4.78 is 0. The van der Waals surface area contributed by atoms with E-state index in [1.165, 1.54) is 22.3 Å². The molecule has 0 radical (unpaired) electrons. The van der Waals surface area contributed by atoms with Crippen molar-refractivity contribution in [2.45, 2.75) is 124 Å². The predicted molar refractivity (Wildman–Crippen MR) is 166 cm³/mol. The Hall–Kier alpha value is -1.66. The summed E-state index contributed by atoms with van der Waals surface area (Å²) in [4.78, 5) is 5.81. The lowest BCUT2D eigenvalue weighted by atomic mass is 9.61. The first-order valence-corrected chi connectivity index (χ1v) is 15.7. The van der Waals surface area contributed by atoms with Gasteiger partial charge in [-0.15, -0.1) is 0 Å². The molecule has 0 saturated carbocycles. The lowest BCUT2D eigenvalue weighted by Crippen LogP contribution is -2.44. The average molecular weight is 522 g/mol. The zero-order valence-electron chi connectivity index (χ0n) is 25.9. The molecule has 2 atom stereocenters. The second-order valence-corrected chi connectivity index (χ2v) is 17.8. The first kappa shape index (κ1) is 29.9. The fourth-order valence-electron chi connectivity index (χ4n) is 6.15. The molecule has 37 heavy (non-hydrogen) atoms. The van der Waals surface area contributed by atoms with Crippen molar-refractivity contribution < 1.29 is 5.11 Å². The third-order valence-corrected chi connectivity index (χ3v) is 11.6. The summed E-state index contributed by atoms with van der Waals surface area (Å²) in [7, 11) is -0.524. The molecule has 0 spiro atoms. The van der Waals surface area contributed by atoms with E-state index in [1.807, 2.05) is 0 Å². The lowest BCUT2D eigenvalue weighted by molar-refractivity contribution is 0.252. The second kappa shape index (κ2) is 10.1. The molecule has 1 aliphatic heterocycles. The van der Waals surface area contributed by atoms with Gasteiger partial charge in [0.25, 0.3) is 0 Å². The lowest BCUT2D eigenvalue weighted by Gasteiger charge is -2.45. The molecule has 2 aromatic carbocycles. The smallest absolute Gasteiger partial charge is 0.123 e. The Balaban J connectivity index is 2.50. The van der Waals surface area contributed by atoms with Crippen LogP contribution in [0.3, 0.4) is 0 Å². The Kier molecular flexibility index (Phi) is 8.20. The highest BCUT2D eigenvalue weighted by atomic mass is 31.1. The van der Waals surface area contributed by atoms with Gasteiger partial charge in [-0.05, 0) is 57.1 Å². The van der Waals surface area contributed by atoms with Gasteiger partial charge in [0.2, 0.25) is 0 Å². The predicted octanol–water partition coefficient (Wildman–Crippen LogP) is 10.6. The molecule has 1 aliphatic rings. The summed E-state index contributed by atoms with van der Waals surface area (Å²) in [5.74, 6) is 1.24. The topological polar surface area (TPSA) is 32.6 Å². The summed E-state index contributed by atoms with van der Waals surface area (Å²) in [6.07, 6.45) is 2.15. The van der Waals surface area contributed by atoms with Crippen LogP contribution in [-0.2, 0) is 10.8 Å². The number of phenolic OH excluding ortho intramolecular Hbond substituents is 1. The molecule has 0 bridgehead atoms. The fourth-order valence-corrected chi connectivity index (χ4v) is 9.47. The summed E-state index contributed by atoms with van der Waals surface area (Å²) in [5.41, 5.74) is 6.62. The molecule has 3 rings (SSSR count). The van der Waals surface area contributed by atoms with E-state index in [-0.39, 0.29) is 21.4 Å². The van der Waals surface area contributed by atoms with Crippen molar-refractivity contribution in [2.75, 3.05) is 6.16 Å². The van der Waals surface area contributed by atoms with Crippen LogP contribution in [0, 0.1) is 5.41 Å². The van der Waals surface area contributed by atoms with Crippen LogP contribution in [0.4, 0.5) is 5.69 Å². The zero-order chi connectivity index (χ0) is 28.1. The molecular formula is C34H52NOP. The van der Waals surface area contributed by atoms with Crippen molar-refractivity contribution in [3.63, 3.8) is 0 Å². The van der Waals surface area contributed by atoms with Crippen molar-refractivity contribution in [3.8, 4) is 5.75 Å². The molecule has 1 N–H and O–H groups in total. The third kappa shape index (κ3) is 5.43. The molecule has 0 amide bonds. The maximum absolute atomic E-state index is 11.9. The minimum atomic E-state index is -0.524. The van der Waals surface area contributed by atoms with Crippen LogP contribution in [0.5, 0.6) is 5.75 Å². The highest BCUT2D eigenvalue weighted by Crippen LogP contribution is 2.68. The van der Waals surface area contributed by atoms with Crippen LogP contribution in [0.15, 0.2) is 41.4 Å². The van der Waals surface area contributed by atoms with Crippen LogP contribution < -0.4 is 0 Å². The van der Waals surface area contributed by atoms with E-state index in [0.717, 1.165) is 23.7 Å². The summed E-state index contributed by atoms with van der Waals surface area (Å²) in [5, 5.41) is 12.1. The van der Waals surface area contributed by atoms with Crippen molar-refractivity contribution in [2.24, 2.45) is 10.4 Å². The minimum Gasteiger partial charge on any atom is -0.507 e. The largest absolute Gasteiger partial charge is 0.507 e. The molecule has 0 aliphatic carbocycles. The summed E-state index contributed by atoms with van der Waals surface area (Å²) in [6, 6.07) is 13.2. The van der Waals surface area contributed by atoms with E-state index in [4.69, 9.17) is 4.99 Å². The SMILES string of the molecule is CC(C)c1cccc(C(C)C)c1N=C1P(C(C)(C)C)CCC1(c1cccc(C(C)(C)C)c1O)C(C)(C)C. The molecule has 1 heterocycles. The normalized spacial score (nSPS) is 22.5. The molecule has 1 saturated heterocycles. The Labute approximate surface area is 229 Å². The van der Waals surface area contributed by atoms with E-state index in [9.17, 15) is 5.11 Å². The van der Waals surface area contributed by atoms with Gasteiger partial charge in [0.15, 0.2) is 0 Å². The number of nitrogens with zero attached hydrogens (tertiary/aromatic N) is 1. The van der Waals surface area contributed by atoms with Crippen LogP contribution in [0.25, 0.3) is 0 Å². The van der Waals surface area contributed by atoms with Gasteiger partial charge >= 0.3 is 0 Å². The highest BCUT2D eigenvalue weighted by molar-refractivity contribution is 7.77. The van der Waals surface area contributed by atoms with Crippen LogP contribution in [0.1, 0.15) is 131 Å². The number of rotatable bonds is 4. The minimum absolute atomic E-state index is 0.118. The van der Waals surface area contributed by atoms with Gasteiger partial charge in [-0.2, -0.15) is 0 Å². The molecule has 3 heteroatoms. The number of hydrogen-bond donors (Lipinski definition) is 1. The maximum atomic E-state index is 11.9.